The van der Waals surface area contributed by atoms with Crippen molar-refractivity contribution in [2.24, 2.45) is 0 Å². The molecule has 0 amide bonds. The van der Waals surface area contributed by atoms with Gasteiger partial charge in [0.2, 0.25) is 0 Å². The first-order chi connectivity index (χ1) is 51.5. The van der Waals surface area contributed by atoms with Gasteiger partial charge in [0.15, 0.2) is 0 Å². The van der Waals surface area contributed by atoms with Gasteiger partial charge in [-0.2, -0.15) is 0 Å². The molecule has 4 nitrogen and oxygen atoms in total. The highest BCUT2D eigenvalue weighted by molar-refractivity contribution is 7.26. The summed E-state index contributed by atoms with van der Waals surface area (Å²) in [6.45, 7) is 0. The zero-order valence-electron chi connectivity index (χ0n) is 56.2. The molecule has 0 unspecified atom stereocenters. The number of hydrogen-bond donors (Lipinski definition) is 0. The monoisotopic (exact) mass is 1360 g/mol. The number of para-hydroxylation sites is 4. The van der Waals surface area contributed by atoms with Crippen LogP contribution in [0.1, 0.15) is 0 Å². The molecule has 0 aliphatic heterocycles. The number of aromatic nitrogens is 4. The van der Waals surface area contributed by atoms with Crippen molar-refractivity contribution in [3.63, 3.8) is 0 Å². The Morgan fingerprint density at radius 3 is 1.02 bits per heavy atom. The van der Waals surface area contributed by atoms with Crippen LogP contribution < -0.4 is 0 Å². The van der Waals surface area contributed by atoms with Crippen molar-refractivity contribution in [2.75, 3.05) is 0 Å². The molecule has 0 N–H and O–H groups in total. The average Bonchev–Trinajstić information content (AvgIpc) is 1.57. The standard InChI is InChI=1S/C52H32N2S.C46H28N2S/c1-2-11-33(12-3-1)36-24-28-50-44(32-36)52-49(19-10-20-51(52)55-50)54-46-18-9-7-16-41(46)43-31-38(23-27-48(43)54)37-22-26-47-42(30-37)40-15-6-8-17-45(40)53(47)39-25-21-34-13-4-5-14-35(34)29-39;1-2-10-30-25-33(20-17-29(30)9-1)47-41-14-6-3-11-35(41)38-26-31(18-22-43(38)47)32-19-23-44-39(27-32)36-12-4-7-15-42(36)48(44)34-21-24-46-40(28-34)37-13-5-8-16-45(37)49-46/h1-32H;1-28H. The summed E-state index contributed by atoms with van der Waals surface area (Å²) in [5.74, 6) is 0. The van der Waals surface area contributed by atoms with Crippen LogP contribution in [0.15, 0.2) is 364 Å². The van der Waals surface area contributed by atoms with Crippen molar-refractivity contribution in [1.29, 1.82) is 0 Å². The summed E-state index contributed by atoms with van der Waals surface area (Å²) in [4.78, 5) is 0. The summed E-state index contributed by atoms with van der Waals surface area (Å²) in [5.41, 5.74) is 21.9. The van der Waals surface area contributed by atoms with Gasteiger partial charge in [0.05, 0.1) is 49.8 Å². The minimum atomic E-state index is 1.18. The molecule has 484 valence electrons. The van der Waals surface area contributed by atoms with Gasteiger partial charge in [0.1, 0.15) is 0 Å². The highest BCUT2D eigenvalue weighted by Crippen LogP contribution is 2.46. The first-order valence-corrected chi connectivity index (χ1v) is 37.2. The van der Waals surface area contributed by atoms with Crippen LogP contribution in [0.3, 0.4) is 0 Å². The summed E-state index contributed by atoms with van der Waals surface area (Å²) in [6.07, 6.45) is 0. The van der Waals surface area contributed by atoms with Crippen LogP contribution in [-0.2, 0) is 0 Å². The van der Waals surface area contributed by atoms with E-state index in [0.29, 0.717) is 0 Å². The van der Waals surface area contributed by atoms with Gasteiger partial charge in [0.25, 0.3) is 0 Å². The number of fused-ring (bicyclic) bond motifs is 20. The number of hydrogen-bond acceptors (Lipinski definition) is 2. The molecular formula is C98H60N4S2. The topological polar surface area (TPSA) is 19.7 Å². The zero-order valence-corrected chi connectivity index (χ0v) is 57.9. The van der Waals surface area contributed by atoms with Crippen LogP contribution in [0.25, 0.3) is 205 Å². The minimum Gasteiger partial charge on any atom is -0.309 e. The van der Waals surface area contributed by atoms with Crippen molar-refractivity contribution < 1.29 is 0 Å². The van der Waals surface area contributed by atoms with E-state index in [0.717, 1.165) is 0 Å². The molecule has 6 heterocycles. The molecule has 23 aromatic rings. The Kier molecular flexibility index (Phi) is 13.1. The predicted octanol–water partition coefficient (Wildman–Crippen LogP) is 27.8. The lowest BCUT2D eigenvalue weighted by Crippen LogP contribution is -1.94. The van der Waals surface area contributed by atoms with E-state index in [-0.39, 0.29) is 0 Å². The molecule has 0 aliphatic rings. The van der Waals surface area contributed by atoms with E-state index in [1.165, 1.54) is 205 Å². The first-order valence-electron chi connectivity index (χ1n) is 35.6. The van der Waals surface area contributed by atoms with E-state index in [2.05, 4.69) is 382 Å². The molecule has 0 bridgehead atoms. The molecule has 0 atom stereocenters. The average molecular weight is 1360 g/mol. The maximum atomic E-state index is 2.48. The van der Waals surface area contributed by atoms with Crippen molar-refractivity contribution >= 4 is 172 Å². The van der Waals surface area contributed by atoms with E-state index in [1.54, 1.807) is 0 Å². The van der Waals surface area contributed by atoms with E-state index in [9.17, 15) is 0 Å². The Balaban J connectivity index is 0.000000132. The molecule has 0 aliphatic carbocycles. The number of rotatable bonds is 7. The van der Waals surface area contributed by atoms with Gasteiger partial charge in [-0.05, 0) is 201 Å². The van der Waals surface area contributed by atoms with Crippen molar-refractivity contribution in [1.82, 2.24) is 18.3 Å². The molecule has 104 heavy (non-hydrogen) atoms. The Bertz CT molecular complexity index is 7500. The normalized spacial score (nSPS) is 12.0. The summed E-state index contributed by atoms with van der Waals surface area (Å²) >= 11 is 3.74. The Labute approximate surface area is 605 Å². The molecule has 0 fully saturated rings. The van der Waals surface area contributed by atoms with E-state index < -0.39 is 0 Å². The summed E-state index contributed by atoms with van der Waals surface area (Å²) < 4.78 is 15.0. The third kappa shape index (κ3) is 9.16. The van der Waals surface area contributed by atoms with Gasteiger partial charge in [0, 0.05) is 100 Å². The van der Waals surface area contributed by atoms with Gasteiger partial charge < -0.3 is 18.3 Å². The Morgan fingerprint density at radius 2 is 0.500 bits per heavy atom. The predicted molar refractivity (Wildman–Crippen MR) is 447 cm³/mol. The lowest BCUT2D eigenvalue weighted by atomic mass is 10.0. The third-order valence-electron chi connectivity index (χ3n) is 21.8. The molecule has 0 radical (unpaired) electrons. The molecule has 23 rings (SSSR count). The second kappa shape index (κ2) is 23.2. The van der Waals surface area contributed by atoms with Crippen LogP contribution >= 0.6 is 22.7 Å². The molecule has 0 spiro atoms. The zero-order chi connectivity index (χ0) is 68.1. The fourth-order valence-corrected chi connectivity index (χ4v) is 19.2. The van der Waals surface area contributed by atoms with Crippen molar-refractivity contribution in [3.05, 3.63) is 364 Å². The smallest absolute Gasteiger partial charge is 0.0555 e. The molecule has 6 heteroatoms. The molecular weight excluding hydrogens is 1300 g/mol. The van der Waals surface area contributed by atoms with Gasteiger partial charge in [-0.25, -0.2) is 0 Å². The maximum absolute atomic E-state index is 2.48. The SMILES string of the molecule is c1ccc(-c2ccc3sc4cccc(-n5c6ccccc6c6cc(-c7ccc8c(c7)c7ccccc7n8-c7ccc8ccccc8c7)ccc65)c4c3c2)cc1.c1ccc2cc(-n3c4ccccc4c4cc(-c5ccc6c(c5)c5ccccc5n6-c5ccc6sc7ccccc7c6c5)ccc43)ccc2c1. The molecule has 6 aromatic heterocycles. The molecule has 17 aromatic carbocycles. The quantitative estimate of drug-likeness (QED) is 0.152. The number of thiophene rings is 2. The van der Waals surface area contributed by atoms with Crippen LogP contribution in [0.5, 0.6) is 0 Å². The van der Waals surface area contributed by atoms with E-state index >= 15 is 0 Å². The molecule has 0 saturated heterocycles. The van der Waals surface area contributed by atoms with Crippen molar-refractivity contribution in [2.45, 2.75) is 0 Å². The summed E-state index contributed by atoms with van der Waals surface area (Å²) in [6, 6.07) is 134. The Morgan fingerprint density at radius 1 is 0.163 bits per heavy atom. The third-order valence-corrected chi connectivity index (χ3v) is 24.1. The van der Waals surface area contributed by atoms with Crippen LogP contribution in [0.2, 0.25) is 0 Å². The van der Waals surface area contributed by atoms with Crippen molar-refractivity contribution in [3.8, 4) is 56.1 Å². The second-order valence-corrected chi connectivity index (χ2v) is 29.7. The maximum Gasteiger partial charge on any atom is 0.0555 e. The number of nitrogens with zero attached hydrogens (tertiary/aromatic N) is 4. The van der Waals surface area contributed by atoms with Gasteiger partial charge >= 0.3 is 0 Å². The van der Waals surface area contributed by atoms with Crippen LogP contribution in [0, 0.1) is 0 Å². The van der Waals surface area contributed by atoms with E-state index in [1.807, 2.05) is 22.7 Å². The lowest BCUT2D eigenvalue weighted by molar-refractivity contribution is 1.19. The fourth-order valence-electron chi connectivity index (χ4n) is 17.0. The second-order valence-electron chi connectivity index (χ2n) is 27.5. The number of benzene rings is 17. The Hall–Kier alpha value is -13.1. The van der Waals surface area contributed by atoms with Gasteiger partial charge in [-0.3, -0.25) is 0 Å². The van der Waals surface area contributed by atoms with Crippen LogP contribution in [0.4, 0.5) is 0 Å². The summed E-state index contributed by atoms with van der Waals surface area (Å²) in [5, 5.41) is 20.4. The summed E-state index contributed by atoms with van der Waals surface area (Å²) in [7, 11) is 0. The highest BCUT2D eigenvalue weighted by Gasteiger charge is 2.22. The highest BCUT2D eigenvalue weighted by atomic mass is 32.1. The molecule has 0 saturated carbocycles. The lowest BCUT2D eigenvalue weighted by Gasteiger charge is -2.11. The van der Waals surface area contributed by atoms with Gasteiger partial charge in [-0.1, -0.05) is 218 Å². The fraction of sp³-hybridized carbons (Fsp3) is 0. The first kappa shape index (κ1) is 58.7. The minimum absolute atomic E-state index is 1.18. The van der Waals surface area contributed by atoms with E-state index in [4.69, 9.17) is 0 Å². The van der Waals surface area contributed by atoms with Crippen LogP contribution in [-0.4, -0.2) is 18.3 Å². The van der Waals surface area contributed by atoms with Gasteiger partial charge in [-0.15, -0.1) is 22.7 Å². The largest absolute Gasteiger partial charge is 0.309 e.